The number of ether oxygens (including phenoxy) is 2. The van der Waals surface area contributed by atoms with E-state index in [4.69, 9.17) is 9.47 Å². The zero-order valence-corrected chi connectivity index (χ0v) is 18.3. The second-order valence-corrected chi connectivity index (χ2v) is 8.23. The molecule has 1 N–H and O–H groups in total. The summed E-state index contributed by atoms with van der Waals surface area (Å²) >= 11 is 0. The fourth-order valence-electron chi connectivity index (χ4n) is 4.18. The molecule has 3 aromatic rings. The van der Waals surface area contributed by atoms with Crippen molar-refractivity contribution in [3.05, 3.63) is 65.9 Å². The summed E-state index contributed by atoms with van der Waals surface area (Å²) in [6.45, 7) is 6.01. The molecule has 1 aromatic heterocycles. The molecule has 0 atom stereocenters. The van der Waals surface area contributed by atoms with E-state index in [1.165, 1.54) is 5.56 Å². The molecule has 1 aliphatic heterocycles. The summed E-state index contributed by atoms with van der Waals surface area (Å²) in [5.41, 5.74) is 3.15. The molecule has 1 aliphatic rings. The topological polar surface area (TPSA) is 60.5 Å². The molecule has 31 heavy (non-hydrogen) atoms. The highest BCUT2D eigenvalue weighted by atomic mass is 16.5. The Kier molecular flexibility index (Phi) is 6.52. The standard InChI is InChI=1S/C26H30N2O3/c1-3-4-16-31-23-12-11-22(21-6-5-15-27-24(21)23)28-25(29)26(13-17-30-18-14-26)20-9-7-19(2)8-10-20/h5-12,15H,3-4,13-14,16-18H2,1-2H3,(H,28,29). The summed E-state index contributed by atoms with van der Waals surface area (Å²) in [5, 5.41) is 4.10. The zero-order chi connectivity index (χ0) is 21.7. The quantitative estimate of drug-likeness (QED) is 0.521. The van der Waals surface area contributed by atoms with E-state index in [1.807, 2.05) is 24.3 Å². The van der Waals surface area contributed by atoms with Gasteiger partial charge in [-0.2, -0.15) is 0 Å². The smallest absolute Gasteiger partial charge is 0.235 e. The van der Waals surface area contributed by atoms with Crippen LogP contribution in [-0.4, -0.2) is 30.7 Å². The molecule has 0 unspecified atom stereocenters. The van der Waals surface area contributed by atoms with E-state index in [0.717, 1.165) is 40.7 Å². The lowest BCUT2D eigenvalue weighted by atomic mass is 9.73. The van der Waals surface area contributed by atoms with Gasteiger partial charge in [-0.3, -0.25) is 9.78 Å². The van der Waals surface area contributed by atoms with Crippen molar-refractivity contribution in [1.82, 2.24) is 4.98 Å². The van der Waals surface area contributed by atoms with Crippen molar-refractivity contribution in [1.29, 1.82) is 0 Å². The number of aryl methyl sites for hydroxylation is 1. The molecular weight excluding hydrogens is 388 g/mol. The van der Waals surface area contributed by atoms with E-state index in [1.54, 1.807) is 6.20 Å². The number of benzene rings is 2. The lowest BCUT2D eigenvalue weighted by molar-refractivity contribution is -0.125. The Morgan fingerprint density at radius 1 is 1.13 bits per heavy atom. The van der Waals surface area contributed by atoms with Crippen molar-refractivity contribution in [3.63, 3.8) is 0 Å². The van der Waals surface area contributed by atoms with Gasteiger partial charge in [-0.05, 0) is 56.0 Å². The van der Waals surface area contributed by atoms with Gasteiger partial charge < -0.3 is 14.8 Å². The van der Waals surface area contributed by atoms with Gasteiger partial charge in [0.1, 0.15) is 11.3 Å². The number of hydrogen-bond acceptors (Lipinski definition) is 4. The molecule has 162 valence electrons. The number of unbranched alkanes of at least 4 members (excludes halogenated alkanes) is 1. The first-order valence-corrected chi connectivity index (χ1v) is 11.1. The number of carbonyl (C=O) groups is 1. The summed E-state index contributed by atoms with van der Waals surface area (Å²) in [7, 11) is 0. The van der Waals surface area contributed by atoms with Crippen LogP contribution in [0.5, 0.6) is 5.75 Å². The predicted octanol–water partition coefficient (Wildman–Crippen LogP) is 5.41. The molecule has 0 bridgehead atoms. The van der Waals surface area contributed by atoms with Crippen LogP contribution in [0.4, 0.5) is 5.69 Å². The third-order valence-corrected chi connectivity index (χ3v) is 6.12. The van der Waals surface area contributed by atoms with Crippen LogP contribution in [0, 0.1) is 6.92 Å². The Morgan fingerprint density at radius 3 is 2.65 bits per heavy atom. The van der Waals surface area contributed by atoms with Gasteiger partial charge in [0.2, 0.25) is 5.91 Å². The molecule has 1 fully saturated rings. The minimum Gasteiger partial charge on any atom is -0.491 e. The van der Waals surface area contributed by atoms with Gasteiger partial charge in [-0.15, -0.1) is 0 Å². The van der Waals surface area contributed by atoms with Gasteiger partial charge in [-0.25, -0.2) is 0 Å². The number of nitrogens with zero attached hydrogens (tertiary/aromatic N) is 1. The summed E-state index contributed by atoms with van der Waals surface area (Å²) in [6, 6.07) is 16.0. The first-order valence-electron chi connectivity index (χ1n) is 11.1. The van der Waals surface area contributed by atoms with E-state index in [-0.39, 0.29) is 5.91 Å². The maximum absolute atomic E-state index is 13.7. The SMILES string of the molecule is CCCCOc1ccc(NC(=O)C2(c3ccc(C)cc3)CCOCC2)c2cccnc12. The Bertz CT molecular complexity index is 1040. The largest absolute Gasteiger partial charge is 0.491 e. The van der Waals surface area contributed by atoms with E-state index >= 15 is 0 Å². The van der Waals surface area contributed by atoms with E-state index in [9.17, 15) is 4.79 Å². The van der Waals surface area contributed by atoms with E-state index in [2.05, 4.69) is 48.4 Å². The molecule has 2 heterocycles. The van der Waals surface area contributed by atoms with Crippen LogP contribution in [-0.2, 0) is 14.9 Å². The lowest BCUT2D eigenvalue weighted by Crippen LogP contribution is -2.44. The van der Waals surface area contributed by atoms with Crippen LogP contribution in [0.1, 0.15) is 43.7 Å². The molecule has 5 nitrogen and oxygen atoms in total. The van der Waals surface area contributed by atoms with Crippen LogP contribution in [0.25, 0.3) is 10.9 Å². The molecule has 0 aliphatic carbocycles. The fraction of sp³-hybridized carbons (Fsp3) is 0.385. The summed E-state index contributed by atoms with van der Waals surface area (Å²) in [6.07, 6.45) is 5.15. The van der Waals surface area contributed by atoms with Gasteiger partial charge >= 0.3 is 0 Å². The number of carbonyl (C=O) groups excluding carboxylic acids is 1. The highest BCUT2D eigenvalue weighted by molar-refractivity contribution is 6.06. The molecular formula is C26H30N2O3. The molecule has 2 aromatic carbocycles. The Balaban J connectivity index is 1.66. The van der Waals surface area contributed by atoms with Crippen LogP contribution in [0.3, 0.4) is 0 Å². The third kappa shape index (κ3) is 4.42. The number of amides is 1. The molecule has 4 rings (SSSR count). The Labute approximate surface area is 183 Å². The number of nitrogens with one attached hydrogen (secondary N) is 1. The normalized spacial score (nSPS) is 15.5. The second kappa shape index (κ2) is 9.48. The third-order valence-electron chi connectivity index (χ3n) is 6.12. The first-order chi connectivity index (χ1) is 15.1. The van der Waals surface area contributed by atoms with Crippen molar-refractivity contribution in [2.45, 2.75) is 44.9 Å². The summed E-state index contributed by atoms with van der Waals surface area (Å²) in [5.74, 6) is 0.755. The van der Waals surface area contributed by atoms with Gasteiger partial charge in [0.15, 0.2) is 0 Å². The van der Waals surface area contributed by atoms with Crippen LogP contribution in [0.15, 0.2) is 54.7 Å². The van der Waals surface area contributed by atoms with Gasteiger partial charge in [-0.1, -0.05) is 43.2 Å². The van der Waals surface area contributed by atoms with E-state index < -0.39 is 5.41 Å². The highest BCUT2D eigenvalue weighted by Crippen LogP contribution is 2.38. The van der Waals surface area contributed by atoms with Crippen LogP contribution in [0.2, 0.25) is 0 Å². The minimum absolute atomic E-state index is 0.00413. The number of pyridine rings is 1. The minimum atomic E-state index is -0.600. The van der Waals surface area contributed by atoms with E-state index in [0.29, 0.717) is 32.7 Å². The first kappa shape index (κ1) is 21.3. The molecule has 5 heteroatoms. The number of anilines is 1. The number of fused-ring (bicyclic) bond motifs is 1. The van der Waals surface area contributed by atoms with Crippen LogP contribution >= 0.6 is 0 Å². The molecule has 1 saturated heterocycles. The molecule has 1 amide bonds. The van der Waals surface area contributed by atoms with Crippen molar-refractivity contribution >= 4 is 22.5 Å². The highest BCUT2D eigenvalue weighted by Gasteiger charge is 2.41. The Hall–Kier alpha value is -2.92. The number of hydrogen-bond donors (Lipinski definition) is 1. The second-order valence-electron chi connectivity index (χ2n) is 8.23. The van der Waals surface area contributed by atoms with Crippen molar-refractivity contribution in [2.24, 2.45) is 0 Å². The maximum Gasteiger partial charge on any atom is 0.235 e. The van der Waals surface area contributed by atoms with Gasteiger partial charge in [0, 0.05) is 24.8 Å². The van der Waals surface area contributed by atoms with Crippen molar-refractivity contribution < 1.29 is 14.3 Å². The zero-order valence-electron chi connectivity index (χ0n) is 18.3. The molecule has 0 saturated carbocycles. The predicted molar refractivity (Wildman–Crippen MR) is 124 cm³/mol. The average molecular weight is 419 g/mol. The fourth-order valence-corrected chi connectivity index (χ4v) is 4.18. The van der Waals surface area contributed by atoms with Gasteiger partial charge in [0.25, 0.3) is 0 Å². The lowest BCUT2D eigenvalue weighted by Gasteiger charge is -2.36. The average Bonchev–Trinajstić information content (AvgIpc) is 2.81. The van der Waals surface area contributed by atoms with Crippen LogP contribution < -0.4 is 10.1 Å². The number of rotatable bonds is 7. The van der Waals surface area contributed by atoms with Crippen molar-refractivity contribution in [3.8, 4) is 5.75 Å². The molecule has 0 spiro atoms. The summed E-state index contributed by atoms with van der Waals surface area (Å²) < 4.78 is 11.5. The summed E-state index contributed by atoms with van der Waals surface area (Å²) in [4.78, 5) is 18.2. The Morgan fingerprint density at radius 2 is 1.90 bits per heavy atom. The monoisotopic (exact) mass is 418 g/mol. The van der Waals surface area contributed by atoms with Gasteiger partial charge in [0.05, 0.1) is 17.7 Å². The van der Waals surface area contributed by atoms with Crippen molar-refractivity contribution in [2.75, 3.05) is 25.1 Å². The number of aromatic nitrogens is 1. The molecule has 0 radical (unpaired) electrons. The maximum atomic E-state index is 13.7.